The van der Waals surface area contributed by atoms with Crippen LogP contribution in [0.4, 0.5) is 21.6 Å². The van der Waals surface area contributed by atoms with Gasteiger partial charge in [-0.3, -0.25) is 4.40 Å². The van der Waals surface area contributed by atoms with E-state index in [2.05, 4.69) is 10.3 Å². The van der Waals surface area contributed by atoms with Crippen LogP contribution in [0.5, 0.6) is 11.5 Å². The van der Waals surface area contributed by atoms with Gasteiger partial charge < -0.3 is 20.9 Å². The Balaban J connectivity index is 1.94. The zero-order chi connectivity index (χ0) is 19.8. The number of nitrogens with zero attached hydrogens (tertiary/aromatic N) is 2. The van der Waals surface area contributed by atoms with Gasteiger partial charge in [0.05, 0.1) is 7.11 Å². The van der Waals surface area contributed by atoms with Gasteiger partial charge >= 0.3 is 0 Å². The standard InChI is InChI=1S/C21H19FN4O2/c1-12-6-7-26-18(8-12)25-19(13-9-16(22)20(27)17(10-13)28-2)21(26)24-15-5-3-4-14(23)11-15/h3-11,24,27H,23H2,1-2H3. The number of ether oxygens (including phenoxy) is 1. The van der Waals surface area contributed by atoms with Crippen LogP contribution in [-0.4, -0.2) is 21.6 Å². The highest BCUT2D eigenvalue weighted by Gasteiger charge is 2.19. The molecule has 4 rings (SSSR count). The maximum absolute atomic E-state index is 14.2. The second-order valence-corrected chi connectivity index (χ2v) is 6.50. The average Bonchev–Trinajstić information content (AvgIpc) is 3.01. The molecule has 2 heterocycles. The van der Waals surface area contributed by atoms with Gasteiger partial charge in [0.15, 0.2) is 17.3 Å². The fraction of sp³-hybridized carbons (Fsp3) is 0.0952. The molecule has 0 bridgehead atoms. The maximum Gasteiger partial charge on any atom is 0.194 e. The van der Waals surface area contributed by atoms with E-state index in [1.54, 1.807) is 18.2 Å². The minimum atomic E-state index is -0.780. The molecule has 0 amide bonds. The number of pyridine rings is 1. The average molecular weight is 378 g/mol. The second kappa shape index (κ2) is 6.77. The minimum Gasteiger partial charge on any atom is -0.502 e. The summed E-state index contributed by atoms with van der Waals surface area (Å²) >= 11 is 0. The quantitative estimate of drug-likeness (QED) is 0.456. The lowest BCUT2D eigenvalue weighted by atomic mass is 10.1. The monoisotopic (exact) mass is 378 g/mol. The third-order valence-corrected chi connectivity index (χ3v) is 4.45. The normalized spacial score (nSPS) is 11.0. The van der Waals surface area contributed by atoms with Crippen LogP contribution < -0.4 is 15.8 Å². The van der Waals surface area contributed by atoms with Crippen LogP contribution in [-0.2, 0) is 0 Å². The number of aromatic nitrogens is 2. The summed E-state index contributed by atoms with van der Waals surface area (Å²) in [6.07, 6.45) is 1.89. The van der Waals surface area contributed by atoms with Gasteiger partial charge in [0.2, 0.25) is 0 Å². The number of anilines is 3. The number of nitrogens with one attached hydrogen (secondary N) is 1. The molecule has 0 fully saturated rings. The molecule has 0 aliphatic rings. The van der Waals surface area contributed by atoms with Crippen LogP contribution >= 0.6 is 0 Å². The van der Waals surface area contributed by atoms with Crippen LogP contribution in [0, 0.1) is 12.7 Å². The van der Waals surface area contributed by atoms with E-state index in [4.69, 9.17) is 10.5 Å². The molecular weight excluding hydrogens is 359 g/mol. The lowest BCUT2D eigenvalue weighted by Gasteiger charge is -2.11. The van der Waals surface area contributed by atoms with Crippen molar-refractivity contribution in [3.63, 3.8) is 0 Å². The third-order valence-electron chi connectivity index (χ3n) is 4.45. The van der Waals surface area contributed by atoms with Gasteiger partial charge in [0.25, 0.3) is 0 Å². The highest BCUT2D eigenvalue weighted by molar-refractivity contribution is 5.81. The van der Waals surface area contributed by atoms with Crippen LogP contribution in [0.15, 0.2) is 54.7 Å². The van der Waals surface area contributed by atoms with E-state index in [0.29, 0.717) is 28.4 Å². The Hall–Kier alpha value is -3.74. The molecule has 142 valence electrons. The number of fused-ring (bicyclic) bond motifs is 1. The summed E-state index contributed by atoms with van der Waals surface area (Å²) < 4.78 is 21.2. The maximum atomic E-state index is 14.2. The summed E-state index contributed by atoms with van der Waals surface area (Å²) in [5, 5.41) is 13.1. The van der Waals surface area contributed by atoms with Crippen LogP contribution in [0.2, 0.25) is 0 Å². The molecule has 2 aromatic heterocycles. The first-order valence-corrected chi connectivity index (χ1v) is 8.64. The van der Waals surface area contributed by atoms with Crippen molar-refractivity contribution >= 4 is 22.8 Å². The van der Waals surface area contributed by atoms with Gasteiger partial charge in [-0.2, -0.15) is 0 Å². The van der Waals surface area contributed by atoms with Gasteiger partial charge in [-0.1, -0.05) is 6.07 Å². The topological polar surface area (TPSA) is 84.8 Å². The molecule has 0 unspecified atom stereocenters. The zero-order valence-corrected chi connectivity index (χ0v) is 15.4. The number of nitrogens with two attached hydrogens (primary N) is 1. The molecule has 0 radical (unpaired) electrons. The minimum absolute atomic E-state index is 0.0399. The Kier molecular flexibility index (Phi) is 4.27. The number of nitrogen functional groups attached to an aromatic ring is 1. The van der Waals surface area contributed by atoms with Gasteiger partial charge in [-0.05, 0) is 55.0 Å². The Morgan fingerprint density at radius 1 is 1.18 bits per heavy atom. The molecule has 6 nitrogen and oxygen atoms in total. The molecule has 0 aliphatic carbocycles. The summed E-state index contributed by atoms with van der Waals surface area (Å²) in [6, 6.07) is 14.0. The molecule has 0 saturated heterocycles. The molecule has 0 spiro atoms. The molecule has 0 aliphatic heterocycles. The first-order chi connectivity index (χ1) is 13.5. The number of halogens is 1. The number of rotatable bonds is 4. The predicted molar refractivity (Wildman–Crippen MR) is 108 cm³/mol. The molecule has 2 aromatic carbocycles. The van der Waals surface area contributed by atoms with Crippen LogP contribution in [0.1, 0.15) is 5.56 Å². The Morgan fingerprint density at radius 2 is 2.00 bits per heavy atom. The summed E-state index contributed by atoms with van der Waals surface area (Å²) in [5.41, 5.74) is 10.0. The number of imidazole rings is 1. The Morgan fingerprint density at radius 3 is 2.75 bits per heavy atom. The van der Waals surface area contributed by atoms with Crippen molar-refractivity contribution in [1.29, 1.82) is 0 Å². The van der Waals surface area contributed by atoms with Crippen LogP contribution in [0.25, 0.3) is 16.9 Å². The van der Waals surface area contributed by atoms with E-state index in [9.17, 15) is 9.50 Å². The van der Waals surface area contributed by atoms with E-state index in [1.165, 1.54) is 13.2 Å². The SMILES string of the molecule is COc1cc(-c2nc3cc(C)ccn3c2Nc2cccc(N)c2)cc(F)c1O. The highest BCUT2D eigenvalue weighted by Crippen LogP contribution is 2.38. The van der Waals surface area contributed by atoms with E-state index in [0.717, 1.165) is 11.3 Å². The Labute approximate surface area is 161 Å². The largest absolute Gasteiger partial charge is 0.502 e. The molecular formula is C21H19FN4O2. The van der Waals surface area contributed by atoms with Crippen molar-refractivity contribution in [2.24, 2.45) is 0 Å². The van der Waals surface area contributed by atoms with Crippen molar-refractivity contribution in [1.82, 2.24) is 9.38 Å². The number of phenolic OH excluding ortho intramolecular Hbond substituents is 1. The highest BCUT2D eigenvalue weighted by atomic mass is 19.1. The van der Waals surface area contributed by atoms with Gasteiger partial charge in [-0.15, -0.1) is 0 Å². The first-order valence-electron chi connectivity index (χ1n) is 8.64. The van der Waals surface area contributed by atoms with Gasteiger partial charge in [0.1, 0.15) is 17.2 Å². The lowest BCUT2D eigenvalue weighted by molar-refractivity contribution is 0.357. The molecule has 0 saturated carbocycles. The summed E-state index contributed by atoms with van der Waals surface area (Å²) in [4.78, 5) is 4.67. The number of hydrogen-bond acceptors (Lipinski definition) is 5. The van der Waals surface area contributed by atoms with Crippen molar-refractivity contribution in [3.8, 4) is 22.8 Å². The van der Waals surface area contributed by atoms with Gasteiger partial charge in [0, 0.05) is 23.1 Å². The van der Waals surface area contributed by atoms with Crippen LogP contribution in [0.3, 0.4) is 0 Å². The summed E-state index contributed by atoms with van der Waals surface area (Å²) in [6.45, 7) is 1.97. The number of benzene rings is 2. The molecule has 4 N–H and O–H groups in total. The van der Waals surface area contributed by atoms with Crippen molar-refractivity contribution in [2.75, 3.05) is 18.2 Å². The van der Waals surface area contributed by atoms with Crippen molar-refractivity contribution in [2.45, 2.75) is 6.92 Å². The number of hydrogen-bond donors (Lipinski definition) is 3. The van der Waals surface area contributed by atoms with Crippen molar-refractivity contribution < 1.29 is 14.2 Å². The number of aryl methyl sites for hydroxylation is 1. The van der Waals surface area contributed by atoms with E-state index < -0.39 is 11.6 Å². The lowest BCUT2D eigenvalue weighted by Crippen LogP contribution is -1.98. The third kappa shape index (κ3) is 3.07. The summed E-state index contributed by atoms with van der Waals surface area (Å²) in [5.74, 6) is -0.625. The molecule has 4 aromatic rings. The fourth-order valence-electron chi connectivity index (χ4n) is 3.09. The van der Waals surface area contributed by atoms with Crippen molar-refractivity contribution in [3.05, 3.63) is 66.1 Å². The molecule has 28 heavy (non-hydrogen) atoms. The second-order valence-electron chi connectivity index (χ2n) is 6.50. The summed E-state index contributed by atoms with van der Waals surface area (Å²) in [7, 11) is 1.37. The number of methoxy groups -OCH3 is 1. The smallest absolute Gasteiger partial charge is 0.194 e. The van der Waals surface area contributed by atoms with E-state index in [1.807, 2.05) is 41.8 Å². The molecule has 0 atom stereocenters. The predicted octanol–water partition coefficient (Wildman–Crippen LogP) is 4.49. The Bertz CT molecular complexity index is 1190. The van der Waals surface area contributed by atoms with Gasteiger partial charge in [-0.25, -0.2) is 9.37 Å². The van der Waals surface area contributed by atoms with E-state index >= 15 is 0 Å². The first kappa shape index (κ1) is 17.7. The fourth-order valence-corrected chi connectivity index (χ4v) is 3.09. The molecule has 7 heteroatoms. The number of phenols is 1. The van der Waals surface area contributed by atoms with E-state index in [-0.39, 0.29) is 5.75 Å². The number of aromatic hydroxyl groups is 1. The zero-order valence-electron chi connectivity index (χ0n) is 15.4.